The lowest BCUT2D eigenvalue weighted by Crippen LogP contribution is -2.42. The van der Waals surface area contributed by atoms with E-state index in [1.54, 1.807) is 18.2 Å². The summed E-state index contributed by atoms with van der Waals surface area (Å²) in [6.07, 6.45) is 2.96. The average Bonchev–Trinajstić information content (AvgIpc) is 2.94. The zero-order valence-electron chi connectivity index (χ0n) is 12.3. The first-order chi connectivity index (χ1) is 10.4. The number of nitrogens with one attached hydrogen (secondary N) is 1. The Morgan fingerprint density at radius 3 is 2.86 bits per heavy atom. The molecular formula is C14H19ClN2O4S. The van der Waals surface area contributed by atoms with Crippen LogP contribution in [0.3, 0.4) is 0 Å². The number of hydrogen-bond acceptors (Lipinski definition) is 4. The van der Waals surface area contributed by atoms with Crippen molar-refractivity contribution in [3.8, 4) is 0 Å². The number of carbonyl (C=O) groups is 1. The van der Waals surface area contributed by atoms with Gasteiger partial charge in [0.2, 0.25) is 15.9 Å². The molecule has 8 heteroatoms. The molecule has 1 saturated heterocycles. The van der Waals surface area contributed by atoms with Crippen molar-refractivity contribution in [1.82, 2.24) is 5.32 Å². The predicted octanol–water partition coefficient (Wildman–Crippen LogP) is 1.40. The van der Waals surface area contributed by atoms with Crippen LogP contribution in [0.15, 0.2) is 24.3 Å². The second-order valence-corrected chi connectivity index (χ2v) is 7.53. The maximum atomic E-state index is 12.0. The summed E-state index contributed by atoms with van der Waals surface area (Å²) < 4.78 is 30.3. The summed E-state index contributed by atoms with van der Waals surface area (Å²) in [5, 5.41) is 3.12. The van der Waals surface area contributed by atoms with Crippen molar-refractivity contribution in [3.63, 3.8) is 0 Å². The summed E-state index contributed by atoms with van der Waals surface area (Å²) in [5.74, 6) is -0.374. The number of carbonyl (C=O) groups excluding carboxylic acids is 1. The molecule has 1 aliphatic heterocycles. The number of hydrogen-bond donors (Lipinski definition) is 1. The second-order valence-electron chi connectivity index (χ2n) is 5.19. The Bertz CT molecular complexity index is 629. The van der Waals surface area contributed by atoms with E-state index in [9.17, 15) is 13.2 Å². The Labute approximate surface area is 135 Å². The van der Waals surface area contributed by atoms with E-state index in [4.69, 9.17) is 16.3 Å². The van der Waals surface area contributed by atoms with Crippen LogP contribution < -0.4 is 9.62 Å². The van der Waals surface area contributed by atoms with Crippen LogP contribution in [0.1, 0.15) is 12.8 Å². The van der Waals surface area contributed by atoms with Crippen molar-refractivity contribution >= 4 is 33.2 Å². The van der Waals surface area contributed by atoms with Gasteiger partial charge in [-0.25, -0.2) is 8.42 Å². The number of benzene rings is 1. The number of nitrogens with zero attached hydrogens (tertiary/aromatic N) is 1. The molecule has 1 aromatic rings. The molecule has 1 aliphatic rings. The number of anilines is 1. The maximum absolute atomic E-state index is 12.0. The lowest BCUT2D eigenvalue weighted by atomic mass is 10.2. The quantitative estimate of drug-likeness (QED) is 0.844. The molecule has 0 aliphatic carbocycles. The molecule has 1 atom stereocenters. The Kier molecular flexibility index (Phi) is 5.66. The van der Waals surface area contributed by atoms with Gasteiger partial charge in [-0.15, -0.1) is 0 Å². The van der Waals surface area contributed by atoms with Gasteiger partial charge in [0.1, 0.15) is 6.54 Å². The molecule has 1 amide bonds. The van der Waals surface area contributed by atoms with Gasteiger partial charge in [-0.3, -0.25) is 9.10 Å². The molecule has 0 bridgehead atoms. The third-order valence-electron chi connectivity index (χ3n) is 3.33. The Morgan fingerprint density at radius 1 is 1.50 bits per heavy atom. The van der Waals surface area contributed by atoms with Crippen LogP contribution in [0.2, 0.25) is 5.02 Å². The number of ether oxygens (including phenoxy) is 1. The first kappa shape index (κ1) is 17.1. The van der Waals surface area contributed by atoms with Crippen molar-refractivity contribution in [2.45, 2.75) is 18.9 Å². The Balaban J connectivity index is 2.02. The van der Waals surface area contributed by atoms with Crippen molar-refractivity contribution in [1.29, 1.82) is 0 Å². The molecule has 0 radical (unpaired) electrons. The zero-order valence-corrected chi connectivity index (χ0v) is 13.9. The molecule has 0 spiro atoms. The van der Waals surface area contributed by atoms with Crippen molar-refractivity contribution in [2.75, 3.05) is 30.3 Å². The van der Waals surface area contributed by atoms with Gasteiger partial charge in [0.25, 0.3) is 0 Å². The smallest absolute Gasteiger partial charge is 0.240 e. The minimum absolute atomic E-state index is 0.0156. The number of halogens is 1. The average molecular weight is 347 g/mol. The van der Waals surface area contributed by atoms with Crippen LogP contribution in [0.5, 0.6) is 0 Å². The van der Waals surface area contributed by atoms with Gasteiger partial charge < -0.3 is 10.1 Å². The highest BCUT2D eigenvalue weighted by Gasteiger charge is 2.22. The summed E-state index contributed by atoms with van der Waals surface area (Å²) >= 11 is 5.88. The molecule has 0 saturated carbocycles. The highest BCUT2D eigenvalue weighted by Crippen LogP contribution is 2.21. The predicted molar refractivity (Wildman–Crippen MR) is 85.6 cm³/mol. The highest BCUT2D eigenvalue weighted by molar-refractivity contribution is 7.92. The minimum Gasteiger partial charge on any atom is -0.376 e. The Hall–Kier alpha value is -1.31. The number of rotatable bonds is 6. The van der Waals surface area contributed by atoms with Gasteiger partial charge in [-0.05, 0) is 31.0 Å². The van der Waals surface area contributed by atoms with Gasteiger partial charge in [0.05, 0.1) is 18.0 Å². The number of sulfonamides is 1. The van der Waals surface area contributed by atoms with Crippen LogP contribution in [0.4, 0.5) is 5.69 Å². The number of amides is 1. The molecule has 122 valence electrons. The molecule has 6 nitrogen and oxygen atoms in total. The first-order valence-electron chi connectivity index (χ1n) is 6.98. The van der Waals surface area contributed by atoms with E-state index < -0.39 is 10.0 Å². The zero-order chi connectivity index (χ0) is 16.2. The van der Waals surface area contributed by atoms with Crippen LogP contribution in [0, 0.1) is 0 Å². The topological polar surface area (TPSA) is 75.7 Å². The molecular weight excluding hydrogens is 328 g/mol. The summed E-state index contributed by atoms with van der Waals surface area (Å²) in [4.78, 5) is 12.0. The van der Waals surface area contributed by atoms with Crippen molar-refractivity contribution < 1.29 is 17.9 Å². The van der Waals surface area contributed by atoms with Crippen molar-refractivity contribution in [2.24, 2.45) is 0 Å². The third-order valence-corrected chi connectivity index (χ3v) is 4.71. The van der Waals surface area contributed by atoms with Gasteiger partial charge >= 0.3 is 0 Å². The third kappa shape index (κ3) is 4.86. The molecule has 1 aromatic carbocycles. The van der Waals surface area contributed by atoms with Crippen LogP contribution in [-0.4, -0.2) is 46.4 Å². The monoisotopic (exact) mass is 346 g/mol. The van der Waals surface area contributed by atoms with Gasteiger partial charge in [-0.1, -0.05) is 17.7 Å². The lowest BCUT2D eigenvalue weighted by molar-refractivity contribution is -0.120. The van der Waals surface area contributed by atoms with Crippen LogP contribution in [0.25, 0.3) is 0 Å². The van der Waals surface area contributed by atoms with E-state index in [-0.39, 0.29) is 18.6 Å². The molecule has 22 heavy (non-hydrogen) atoms. The van der Waals surface area contributed by atoms with E-state index in [1.165, 1.54) is 6.07 Å². The molecule has 1 fully saturated rings. The fourth-order valence-corrected chi connectivity index (χ4v) is 3.28. The summed E-state index contributed by atoms with van der Waals surface area (Å²) in [7, 11) is -3.58. The van der Waals surface area contributed by atoms with E-state index in [1.807, 2.05) is 0 Å². The van der Waals surface area contributed by atoms with Gasteiger partial charge in [-0.2, -0.15) is 0 Å². The van der Waals surface area contributed by atoms with Gasteiger partial charge in [0, 0.05) is 18.2 Å². The van der Waals surface area contributed by atoms with E-state index in [2.05, 4.69) is 5.32 Å². The minimum atomic E-state index is -3.58. The summed E-state index contributed by atoms with van der Waals surface area (Å²) in [6.45, 7) is 0.816. The Morgan fingerprint density at radius 2 is 2.27 bits per heavy atom. The van der Waals surface area contributed by atoms with Crippen LogP contribution in [-0.2, 0) is 19.6 Å². The summed E-state index contributed by atoms with van der Waals surface area (Å²) in [6, 6.07) is 6.39. The lowest BCUT2D eigenvalue weighted by Gasteiger charge is -2.22. The highest BCUT2D eigenvalue weighted by atomic mass is 35.5. The maximum Gasteiger partial charge on any atom is 0.240 e. The molecule has 1 heterocycles. The fourth-order valence-electron chi connectivity index (χ4n) is 2.25. The SMILES string of the molecule is CS(=O)(=O)N(CC(=O)NC[C@H]1CCCO1)c1cccc(Cl)c1. The molecule has 1 N–H and O–H groups in total. The normalized spacial score (nSPS) is 18.2. The van der Waals surface area contributed by atoms with Gasteiger partial charge in [0.15, 0.2) is 0 Å². The fraction of sp³-hybridized carbons (Fsp3) is 0.500. The van der Waals surface area contributed by atoms with Crippen LogP contribution >= 0.6 is 11.6 Å². The molecule has 2 rings (SSSR count). The standard InChI is InChI=1S/C14H19ClN2O4S/c1-22(19,20)17(12-5-2-4-11(15)8-12)10-14(18)16-9-13-6-3-7-21-13/h2,4-5,8,13H,3,6-7,9-10H2,1H3,(H,16,18)/t13-/m1/s1. The van der Waals surface area contributed by atoms with E-state index >= 15 is 0 Å². The first-order valence-corrected chi connectivity index (χ1v) is 9.20. The second kappa shape index (κ2) is 7.30. The molecule has 0 aromatic heterocycles. The van der Waals surface area contributed by atoms with E-state index in [0.717, 1.165) is 23.4 Å². The van der Waals surface area contributed by atoms with E-state index in [0.29, 0.717) is 23.9 Å². The van der Waals surface area contributed by atoms with Crippen molar-refractivity contribution in [3.05, 3.63) is 29.3 Å². The molecule has 0 unspecified atom stereocenters. The largest absolute Gasteiger partial charge is 0.376 e. The summed E-state index contributed by atoms with van der Waals surface area (Å²) in [5.41, 5.74) is 0.363.